The monoisotopic (exact) mass is 390 g/mol. The Labute approximate surface area is 163 Å². The molecular formula is C19H22N2O5S. The lowest BCUT2D eigenvalue weighted by atomic mass is 9.93. The number of nitrogens with zero attached hydrogens (tertiary/aromatic N) is 1. The van der Waals surface area contributed by atoms with E-state index in [2.05, 4.69) is 5.32 Å². The second-order valence-electron chi connectivity index (χ2n) is 6.87. The third kappa shape index (κ3) is 3.75. The number of carbonyl (C=O) groups excluding carboxylic acids is 2. The van der Waals surface area contributed by atoms with Gasteiger partial charge >= 0.3 is 5.97 Å². The number of esters is 1. The van der Waals surface area contributed by atoms with E-state index in [1.807, 2.05) is 13.8 Å². The third-order valence-corrected chi connectivity index (χ3v) is 4.57. The van der Waals surface area contributed by atoms with Crippen LogP contribution in [0.2, 0.25) is 0 Å². The zero-order valence-corrected chi connectivity index (χ0v) is 16.5. The molecule has 7 nitrogen and oxygen atoms in total. The number of rotatable bonds is 4. The molecule has 144 valence electrons. The smallest absolute Gasteiger partial charge is 0.338 e. The highest BCUT2D eigenvalue weighted by Crippen LogP contribution is 2.40. The number of nitrogens with one attached hydrogen (secondary N) is 1. The minimum Gasteiger partial charge on any atom is -0.462 e. The van der Waals surface area contributed by atoms with Crippen molar-refractivity contribution in [2.24, 2.45) is 5.92 Å². The SMILES string of the molecule is CC(=O)N1C(=S)NC(C)=C(C(=O)OCC(C)C)C1c1ccc2c(c1)OCO2. The predicted octanol–water partition coefficient (Wildman–Crippen LogP) is 2.67. The first-order chi connectivity index (χ1) is 12.8. The summed E-state index contributed by atoms with van der Waals surface area (Å²) in [6, 6.07) is 4.61. The minimum absolute atomic E-state index is 0.137. The average Bonchev–Trinajstić information content (AvgIpc) is 3.06. The molecule has 0 saturated heterocycles. The van der Waals surface area contributed by atoms with E-state index in [0.29, 0.717) is 28.3 Å². The van der Waals surface area contributed by atoms with Gasteiger partial charge in [0.25, 0.3) is 0 Å². The third-order valence-electron chi connectivity index (χ3n) is 4.27. The summed E-state index contributed by atoms with van der Waals surface area (Å²) in [5.74, 6) is 0.615. The van der Waals surface area contributed by atoms with Crippen LogP contribution in [0.5, 0.6) is 11.5 Å². The zero-order valence-electron chi connectivity index (χ0n) is 15.7. The van der Waals surface area contributed by atoms with Crippen molar-refractivity contribution in [3.8, 4) is 11.5 Å². The van der Waals surface area contributed by atoms with Gasteiger partial charge < -0.3 is 19.5 Å². The van der Waals surface area contributed by atoms with Gasteiger partial charge in [-0.2, -0.15) is 0 Å². The Bertz CT molecular complexity index is 833. The fourth-order valence-corrected chi connectivity index (χ4v) is 3.44. The molecule has 2 aliphatic heterocycles. The number of benzene rings is 1. The zero-order chi connectivity index (χ0) is 19.7. The predicted molar refractivity (Wildman–Crippen MR) is 102 cm³/mol. The van der Waals surface area contributed by atoms with Crippen molar-refractivity contribution in [2.45, 2.75) is 33.7 Å². The van der Waals surface area contributed by atoms with E-state index < -0.39 is 12.0 Å². The summed E-state index contributed by atoms with van der Waals surface area (Å²) in [4.78, 5) is 26.6. The molecule has 0 bridgehead atoms. The van der Waals surface area contributed by atoms with Crippen LogP contribution < -0.4 is 14.8 Å². The Hall–Kier alpha value is -2.61. The number of ether oxygens (including phenoxy) is 3. The van der Waals surface area contributed by atoms with Crippen LogP contribution >= 0.6 is 12.2 Å². The molecule has 3 rings (SSSR count). The van der Waals surface area contributed by atoms with Gasteiger partial charge in [0, 0.05) is 12.6 Å². The Balaban J connectivity index is 2.07. The van der Waals surface area contributed by atoms with Gasteiger partial charge in [-0.3, -0.25) is 9.69 Å². The van der Waals surface area contributed by atoms with Gasteiger partial charge in [0.2, 0.25) is 12.7 Å². The van der Waals surface area contributed by atoms with Gasteiger partial charge in [-0.15, -0.1) is 0 Å². The molecule has 0 spiro atoms. The molecule has 0 radical (unpaired) electrons. The molecule has 1 N–H and O–H groups in total. The molecule has 2 heterocycles. The highest BCUT2D eigenvalue weighted by Gasteiger charge is 2.39. The van der Waals surface area contributed by atoms with Crippen LogP contribution in [-0.2, 0) is 14.3 Å². The van der Waals surface area contributed by atoms with Gasteiger partial charge in [0.15, 0.2) is 16.6 Å². The summed E-state index contributed by atoms with van der Waals surface area (Å²) in [6.45, 7) is 7.49. The first-order valence-corrected chi connectivity index (χ1v) is 9.08. The normalized spacial score (nSPS) is 18.6. The van der Waals surface area contributed by atoms with E-state index in [1.54, 1.807) is 25.1 Å². The lowest BCUT2D eigenvalue weighted by Gasteiger charge is -2.37. The molecule has 27 heavy (non-hydrogen) atoms. The second-order valence-corrected chi connectivity index (χ2v) is 7.25. The first kappa shape index (κ1) is 19.2. The molecule has 1 aromatic carbocycles. The summed E-state index contributed by atoms with van der Waals surface area (Å²) in [7, 11) is 0. The van der Waals surface area contributed by atoms with E-state index in [9.17, 15) is 9.59 Å². The van der Waals surface area contributed by atoms with Crippen molar-refractivity contribution in [3.05, 3.63) is 35.0 Å². The lowest BCUT2D eigenvalue weighted by Crippen LogP contribution is -2.50. The maximum absolute atomic E-state index is 12.8. The van der Waals surface area contributed by atoms with Crippen molar-refractivity contribution in [3.63, 3.8) is 0 Å². The fourth-order valence-electron chi connectivity index (χ4n) is 3.05. The maximum Gasteiger partial charge on any atom is 0.338 e. The van der Waals surface area contributed by atoms with Gasteiger partial charge in [-0.25, -0.2) is 4.79 Å². The van der Waals surface area contributed by atoms with Crippen LogP contribution in [0.3, 0.4) is 0 Å². The Morgan fingerprint density at radius 1 is 1.33 bits per heavy atom. The molecule has 0 fully saturated rings. The minimum atomic E-state index is -0.703. The number of carbonyl (C=O) groups is 2. The van der Waals surface area contributed by atoms with E-state index in [-0.39, 0.29) is 30.3 Å². The van der Waals surface area contributed by atoms with Gasteiger partial charge in [0.05, 0.1) is 18.2 Å². The van der Waals surface area contributed by atoms with Crippen LogP contribution in [0, 0.1) is 5.92 Å². The quantitative estimate of drug-likeness (QED) is 0.626. The van der Waals surface area contributed by atoms with E-state index >= 15 is 0 Å². The van der Waals surface area contributed by atoms with Crippen molar-refractivity contribution >= 4 is 29.2 Å². The van der Waals surface area contributed by atoms with Crippen molar-refractivity contribution in [1.29, 1.82) is 0 Å². The lowest BCUT2D eigenvalue weighted by molar-refractivity contribution is -0.141. The fraction of sp³-hybridized carbons (Fsp3) is 0.421. The van der Waals surface area contributed by atoms with Crippen LogP contribution in [0.1, 0.15) is 39.3 Å². The first-order valence-electron chi connectivity index (χ1n) is 8.67. The summed E-state index contributed by atoms with van der Waals surface area (Å²) < 4.78 is 16.2. The molecule has 2 aliphatic rings. The molecule has 0 aliphatic carbocycles. The van der Waals surface area contributed by atoms with Crippen LogP contribution in [-0.4, -0.2) is 35.3 Å². The summed E-state index contributed by atoms with van der Waals surface area (Å²) in [5, 5.41) is 3.18. The van der Waals surface area contributed by atoms with Crippen LogP contribution in [0.15, 0.2) is 29.5 Å². The van der Waals surface area contributed by atoms with Gasteiger partial charge in [0.1, 0.15) is 0 Å². The standard InChI is InChI=1S/C19H22N2O5S/c1-10(2)8-24-18(23)16-11(3)20-19(27)21(12(4)22)17(16)13-5-6-14-15(7-13)26-9-25-14/h5-7,10,17H,8-9H2,1-4H3,(H,20,27). The molecule has 1 unspecified atom stereocenters. The molecule has 1 atom stereocenters. The Kier molecular flexibility index (Phi) is 5.36. The Morgan fingerprint density at radius 3 is 2.70 bits per heavy atom. The van der Waals surface area contributed by atoms with Crippen LogP contribution in [0.4, 0.5) is 0 Å². The summed E-state index contributed by atoms with van der Waals surface area (Å²) >= 11 is 5.35. The van der Waals surface area contributed by atoms with Gasteiger partial charge in [-0.1, -0.05) is 19.9 Å². The molecule has 0 aromatic heterocycles. The summed E-state index contributed by atoms with van der Waals surface area (Å²) in [6.07, 6.45) is 0. The number of hydrogen-bond donors (Lipinski definition) is 1. The highest BCUT2D eigenvalue weighted by atomic mass is 32.1. The maximum atomic E-state index is 12.8. The van der Waals surface area contributed by atoms with E-state index in [1.165, 1.54) is 11.8 Å². The second kappa shape index (κ2) is 7.56. The number of hydrogen-bond acceptors (Lipinski definition) is 6. The molecule has 0 saturated carbocycles. The molecule has 8 heteroatoms. The molecule has 1 aromatic rings. The van der Waals surface area contributed by atoms with Gasteiger partial charge in [-0.05, 0) is 42.8 Å². The number of allylic oxidation sites excluding steroid dienone is 1. The van der Waals surface area contributed by atoms with Crippen molar-refractivity contribution in [1.82, 2.24) is 10.2 Å². The van der Waals surface area contributed by atoms with Crippen molar-refractivity contribution < 1.29 is 23.8 Å². The number of thiocarbonyl (C=S) groups is 1. The van der Waals surface area contributed by atoms with E-state index in [0.717, 1.165) is 0 Å². The topological polar surface area (TPSA) is 77.1 Å². The van der Waals surface area contributed by atoms with Crippen molar-refractivity contribution in [2.75, 3.05) is 13.4 Å². The average molecular weight is 390 g/mol. The molecular weight excluding hydrogens is 368 g/mol. The highest BCUT2D eigenvalue weighted by molar-refractivity contribution is 7.80. The largest absolute Gasteiger partial charge is 0.462 e. The summed E-state index contributed by atoms with van der Waals surface area (Å²) in [5.41, 5.74) is 1.60. The Morgan fingerprint density at radius 2 is 2.04 bits per heavy atom. The number of amides is 1. The number of fused-ring (bicyclic) bond motifs is 1. The van der Waals surface area contributed by atoms with Crippen LogP contribution in [0.25, 0.3) is 0 Å². The van der Waals surface area contributed by atoms with E-state index in [4.69, 9.17) is 26.4 Å². The molecule has 1 amide bonds.